The van der Waals surface area contributed by atoms with Crippen molar-refractivity contribution in [2.75, 3.05) is 0 Å². The molecule has 116 valence electrons. The van der Waals surface area contributed by atoms with E-state index >= 15 is 0 Å². The Morgan fingerprint density at radius 3 is 2.35 bits per heavy atom. The summed E-state index contributed by atoms with van der Waals surface area (Å²) in [6.07, 6.45) is -3.44. The Morgan fingerprint density at radius 1 is 1.00 bits per heavy atom. The van der Waals surface area contributed by atoms with Gasteiger partial charge < -0.3 is 9.47 Å². The predicted octanol–water partition coefficient (Wildman–Crippen LogP) is 3.05. The number of cyclic esters (lactones) is 2. The number of ketones is 1. The fourth-order valence-electron chi connectivity index (χ4n) is 2.44. The number of hydrogen-bond donors (Lipinski definition) is 0. The topological polar surface area (TPSA) is 95.7 Å². The highest BCUT2D eigenvalue weighted by Gasteiger charge is 2.45. The van der Waals surface area contributed by atoms with Crippen LogP contribution >= 0.6 is 0 Å². The van der Waals surface area contributed by atoms with Crippen LogP contribution in [0, 0.1) is 10.1 Å². The van der Waals surface area contributed by atoms with E-state index in [1.807, 2.05) is 0 Å². The predicted molar refractivity (Wildman–Crippen MR) is 78.0 cm³/mol. The van der Waals surface area contributed by atoms with E-state index in [1.165, 1.54) is 18.2 Å². The maximum atomic E-state index is 12.5. The minimum atomic E-state index is -1.26. The third kappa shape index (κ3) is 2.76. The zero-order valence-corrected chi connectivity index (χ0v) is 11.7. The molecule has 7 nitrogen and oxygen atoms in total. The zero-order valence-electron chi connectivity index (χ0n) is 11.7. The van der Waals surface area contributed by atoms with Crippen molar-refractivity contribution in [3.05, 3.63) is 75.8 Å². The number of benzene rings is 2. The number of carbonyl (C=O) groups excluding carboxylic acids is 2. The van der Waals surface area contributed by atoms with E-state index in [1.54, 1.807) is 36.4 Å². The second-order valence-electron chi connectivity index (χ2n) is 4.87. The maximum Gasteiger partial charge on any atom is 0.509 e. The molecule has 23 heavy (non-hydrogen) atoms. The van der Waals surface area contributed by atoms with Gasteiger partial charge in [0, 0.05) is 11.6 Å². The molecule has 1 fully saturated rings. The third-order valence-electron chi connectivity index (χ3n) is 3.48. The molecule has 2 aromatic carbocycles. The molecule has 0 aromatic heterocycles. The van der Waals surface area contributed by atoms with Crippen LogP contribution in [0.15, 0.2) is 54.6 Å². The number of rotatable bonds is 4. The number of Topliss-reactive ketones (excluding diaryl/α,β-unsaturated/α-hetero) is 1. The summed E-state index contributed by atoms with van der Waals surface area (Å²) in [5, 5.41) is 11.1. The highest BCUT2D eigenvalue weighted by molar-refractivity contribution is 6.01. The highest BCUT2D eigenvalue weighted by Crippen LogP contribution is 2.36. The Hall–Kier alpha value is -3.22. The van der Waals surface area contributed by atoms with Gasteiger partial charge in [0.25, 0.3) is 5.69 Å². The third-order valence-corrected chi connectivity index (χ3v) is 3.48. The largest absolute Gasteiger partial charge is 0.509 e. The molecule has 0 N–H and O–H groups in total. The summed E-state index contributed by atoms with van der Waals surface area (Å²) in [5.41, 5.74) is 0.221. The van der Waals surface area contributed by atoms with Crippen molar-refractivity contribution in [1.82, 2.24) is 0 Å². The zero-order chi connectivity index (χ0) is 16.4. The van der Waals surface area contributed by atoms with E-state index in [4.69, 9.17) is 9.47 Å². The van der Waals surface area contributed by atoms with Gasteiger partial charge in [0.2, 0.25) is 11.9 Å². The molecule has 0 saturated carbocycles. The van der Waals surface area contributed by atoms with E-state index in [9.17, 15) is 19.7 Å². The minimum absolute atomic E-state index is 0.123. The van der Waals surface area contributed by atoms with Crippen molar-refractivity contribution in [2.45, 2.75) is 12.2 Å². The van der Waals surface area contributed by atoms with Crippen LogP contribution in [0.5, 0.6) is 0 Å². The summed E-state index contributed by atoms with van der Waals surface area (Å²) in [5.74, 6) is -0.473. The first-order chi connectivity index (χ1) is 11.1. The van der Waals surface area contributed by atoms with Crippen LogP contribution in [0.25, 0.3) is 0 Å². The summed E-state index contributed by atoms with van der Waals surface area (Å²) in [6, 6.07) is 14.0. The van der Waals surface area contributed by atoms with Gasteiger partial charge in [0.1, 0.15) is 0 Å². The van der Waals surface area contributed by atoms with Crippen molar-refractivity contribution in [3.63, 3.8) is 0 Å². The van der Waals surface area contributed by atoms with Gasteiger partial charge in [-0.1, -0.05) is 42.5 Å². The molecular weight excluding hydrogens is 302 g/mol. The van der Waals surface area contributed by atoms with Crippen molar-refractivity contribution in [1.29, 1.82) is 0 Å². The molecular formula is C16H11NO6. The van der Waals surface area contributed by atoms with Crippen molar-refractivity contribution in [3.8, 4) is 0 Å². The summed E-state index contributed by atoms with van der Waals surface area (Å²) in [7, 11) is 0. The quantitative estimate of drug-likeness (QED) is 0.372. The standard InChI is InChI=1S/C16H11NO6/c18-13(10-6-2-1-3-7-10)15-14(22-16(19)23-15)11-8-4-5-9-12(11)17(20)21/h1-9,14-15H/t14-,15-/m0/s1. The second kappa shape index (κ2) is 5.88. The summed E-state index contributed by atoms with van der Waals surface area (Å²) in [6.45, 7) is 0. The van der Waals surface area contributed by atoms with E-state index in [0.29, 0.717) is 5.56 Å². The molecule has 0 radical (unpaired) electrons. The summed E-state index contributed by atoms with van der Waals surface area (Å²) < 4.78 is 9.95. The van der Waals surface area contributed by atoms with Crippen LogP contribution in [-0.4, -0.2) is 23.0 Å². The molecule has 1 aliphatic heterocycles. The molecule has 1 aliphatic rings. The summed E-state index contributed by atoms with van der Waals surface area (Å²) in [4.78, 5) is 34.6. The summed E-state index contributed by atoms with van der Waals surface area (Å²) >= 11 is 0. The van der Waals surface area contributed by atoms with Gasteiger partial charge in [0.05, 0.1) is 10.5 Å². The molecule has 0 amide bonds. The number of carbonyl (C=O) groups is 2. The maximum absolute atomic E-state index is 12.5. The fraction of sp³-hybridized carbons (Fsp3) is 0.125. The lowest BCUT2D eigenvalue weighted by Gasteiger charge is -2.14. The normalized spacial score (nSPS) is 19.7. The van der Waals surface area contributed by atoms with Gasteiger partial charge in [-0.2, -0.15) is 0 Å². The van der Waals surface area contributed by atoms with Crippen LogP contribution in [0.1, 0.15) is 22.0 Å². The first-order valence-corrected chi connectivity index (χ1v) is 6.78. The monoisotopic (exact) mass is 313 g/mol. The number of hydrogen-bond acceptors (Lipinski definition) is 6. The minimum Gasteiger partial charge on any atom is -0.421 e. The van der Waals surface area contributed by atoms with Crippen LogP contribution in [0.4, 0.5) is 10.5 Å². The van der Waals surface area contributed by atoms with Crippen LogP contribution in [-0.2, 0) is 9.47 Å². The van der Waals surface area contributed by atoms with Crippen LogP contribution in [0.3, 0.4) is 0 Å². The van der Waals surface area contributed by atoms with Gasteiger partial charge >= 0.3 is 6.16 Å². The average Bonchev–Trinajstić information content (AvgIpc) is 2.96. The van der Waals surface area contributed by atoms with Crippen molar-refractivity contribution in [2.24, 2.45) is 0 Å². The van der Waals surface area contributed by atoms with E-state index in [-0.39, 0.29) is 11.3 Å². The Morgan fingerprint density at radius 2 is 1.65 bits per heavy atom. The van der Waals surface area contributed by atoms with E-state index < -0.39 is 29.1 Å². The Balaban J connectivity index is 2.00. The van der Waals surface area contributed by atoms with Gasteiger partial charge in [-0.3, -0.25) is 14.9 Å². The average molecular weight is 313 g/mol. The molecule has 0 unspecified atom stereocenters. The van der Waals surface area contributed by atoms with E-state index in [2.05, 4.69) is 0 Å². The first kappa shape index (κ1) is 14.7. The Kier molecular flexibility index (Phi) is 3.76. The lowest BCUT2D eigenvalue weighted by Crippen LogP contribution is -2.26. The molecule has 7 heteroatoms. The van der Waals surface area contributed by atoms with Gasteiger partial charge in [-0.25, -0.2) is 4.79 Å². The van der Waals surface area contributed by atoms with Gasteiger partial charge in [-0.05, 0) is 6.07 Å². The second-order valence-corrected chi connectivity index (χ2v) is 4.87. The number of nitrogens with zero attached hydrogens (tertiary/aromatic N) is 1. The van der Waals surface area contributed by atoms with Gasteiger partial charge in [0.15, 0.2) is 6.10 Å². The molecule has 1 saturated heterocycles. The molecule has 3 rings (SSSR count). The number of para-hydroxylation sites is 1. The highest BCUT2D eigenvalue weighted by atomic mass is 16.8. The van der Waals surface area contributed by atoms with E-state index in [0.717, 1.165) is 0 Å². The van der Waals surface area contributed by atoms with Crippen LogP contribution in [0.2, 0.25) is 0 Å². The molecule has 1 heterocycles. The lowest BCUT2D eigenvalue weighted by atomic mass is 9.96. The molecule has 0 aliphatic carbocycles. The number of ether oxygens (including phenoxy) is 2. The SMILES string of the molecule is O=C1O[C@@H](C(=O)c2ccccc2)[C@H](c2ccccc2[N+](=O)[O-])O1. The number of nitro groups is 1. The van der Waals surface area contributed by atoms with Crippen LogP contribution < -0.4 is 0 Å². The molecule has 0 spiro atoms. The smallest absolute Gasteiger partial charge is 0.421 e. The van der Waals surface area contributed by atoms with Gasteiger partial charge in [-0.15, -0.1) is 0 Å². The molecule has 2 aromatic rings. The lowest BCUT2D eigenvalue weighted by molar-refractivity contribution is -0.386. The fourth-order valence-corrected chi connectivity index (χ4v) is 2.44. The first-order valence-electron chi connectivity index (χ1n) is 6.78. The Labute approximate surface area is 130 Å². The molecule has 0 bridgehead atoms. The number of nitro benzene ring substituents is 1. The van der Waals surface area contributed by atoms with Crippen molar-refractivity contribution < 1.29 is 24.0 Å². The van der Waals surface area contributed by atoms with Crippen molar-refractivity contribution >= 4 is 17.6 Å². The molecule has 2 atom stereocenters. The Bertz CT molecular complexity index is 773.